The van der Waals surface area contributed by atoms with Crippen molar-refractivity contribution in [3.63, 3.8) is 0 Å². The Hall–Kier alpha value is -2.60. The minimum atomic E-state index is 0.462. The SMILES string of the molecule is CCOc1ccc(/C=N\NC(=S)NCc2ccccc2)c(OCC)c1. The molecule has 0 aliphatic heterocycles. The van der Waals surface area contributed by atoms with E-state index >= 15 is 0 Å². The van der Waals surface area contributed by atoms with Crippen LogP contribution in [0.4, 0.5) is 0 Å². The van der Waals surface area contributed by atoms with Gasteiger partial charge < -0.3 is 14.8 Å². The molecule has 0 atom stereocenters. The molecule has 0 aromatic heterocycles. The molecule has 0 fully saturated rings. The van der Waals surface area contributed by atoms with E-state index in [4.69, 9.17) is 21.7 Å². The van der Waals surface area contributed by atoms with Crippen molar-refractivity contribution < 1.29 is 9.47 Å². The average molecular weight is 357 g/mol. The van der Waals surface area contributed by atoms with Crippen molar-refractivity contribution in [1.82, 2.24) is 10.7 Å². The molecule has 5 nitrogen and oxygen atoms in total. The quantitative estimate of drug-likeness (QED) is 0.430. The second-order valence-corrected chi connectivity index (χ2v) is 5.51. The standard InChI is InChI=1S/C19H23N3O2S/c1-3-23-17-11-10-16(18(12-17)24-4-2)14-21-22-19(25)20-13-15-8-6-5-7-9-15/h5-12,14H,3-4,13H2,1-2H3,(H2,20,22,25)/b21-14-. The van der Waals surface area contributed by atoms with Crippen molar-refractivity contribution in [3.8, 4) is 11.5 Å². The summed E-state index contributed by atoms with van der Waals surface area (Å²) >= 11 is 5.22. The van der Waals surface area contributed by atoms with E-state index in [0.29, 0.717) is 24.9 Å². The third kappa shape index (κ3) is 6.43. The average Bonchev–Trinajstić information content (AvgIpc) is 2.63. The minimum absolute atomic E-state index is 0.462. The summed E-state index contributed by atoms with van der Waals surface area (Å²) < 4.78 is 11.1. The van der Waals surface area contributed by atoms with Gasteiger partial charge in [0, 0.05) is 18.2 Å². The zero-order chi connectivity index (χ0) is 17.9. The summed E-state index contributed by atoms with van der Waals surface area (Å²) in [4.78, 5) is 0. The Balaban J connectivity index is 1.90. The van der Waals surface area contributed by atoms with Crippen LogP contribution in [0.15, 0.2) is 53.6 Å². The van der Waals surface area contributed by atoms with E-state index in [1.54, 1.807) is 6.21 Å². The van der Waals surface area contributed by atoms with Crippen LogP contribution in [-0.2, 0) is 6.54 Å². The number of nitrogens with one attached hydrogen (secondary N) is 2. The Kier molecular flexibility index (Phi) is 7.72. The first-order chi connectivity index (χ1) is 12.2. The highest BCUT2D eigenvalue weighted by atomic mass is 32.1. The highest BCUT2D eigenvalue weighted by molar-refractivity contribution is 7.80. The molecule has 6 heteroatoms. The van der Waals surface area contributed by atoms with Crippen LogP contribution in [0.5, 0.6) is 11.5 Å². The molecule has 0 saturated carbocycles. The van der Waals surface area contributed by atoms with Gasteiger partial charge in [0.05, 0.1) is 19.4 Å². The van der Waals surface area contributed by atoms with Crippen LogP contribution in [0.1, 0.15) is 25.0 Å². The number of benzene rings is 2. The molecule has 0 aliphatic rings. The van der Waals surface area contributed by atoms with Crippen molar-refractivity contribution in [2.24, 2.45) is 5.10 Å². The Bertz CT molecular complexity index is 705. The van der Waals surface area contributed by atoms with Gasteiger partial charge in [-0.05, 0) is 43.8 Å². The van der Waals surface area contributed by atoms with E-state index < -0.39 is 0 Å². The second-order valence-electron chi connectivity index (χ2n) is 5.10. The van der Waals surface area contributed by atoms with Gasteiger partial charge in [0.25, 0.3) is 0 Å². The van der Waals surface area contributed by atoms with Crippen molar-refractivity contribution in [2.75, 3.05) is 13.2 Å². The van der Waals surface area contributed by atoms with Gasteiger partial charge in [0.2, 0.25) is 0 Å². The number of hydrogen-bond acceptors (Lipinski definition) is 4. The van der Waals surface area contributed by atoms with E-state index in [9.17, 15) is 0 Å². The molecular formula is C19H23N3O2S. The minimum Gasteiger partial charge on any atom is -0.494 e. The summed E-state index contributed by atoms with van der Waals surface area (Å²) in [6.45, 7) is 5.72. The van der Waals surface area contributed by atoms with Gasteiger partial charge in [-0.1, -0.05) is 30.3 Å². The summed E-state index contributed by atoms with van der Waals surface area (Å²) in [6, 6.07) is 15.7. The fraction of sp³-hybridized carbons (Fsp3) is 0.263. The Labute approximate surface area is 154 Å². The summed E-state index contributed by atoms with van der Waals surface area (Å²) in [5, 5.41) is 7.74. The molecule has 0 radical (unpaired) electrons. The molecule has 2 aromatic rings. The molecule has 25 heavy (non-hydrogen) atoms. The van der Waals surface area contributed by atoms with Gasteiger partial charge >= 0.3 is 0 Å². The zero-order valence-electron chi connectivity index (χ0n) is 14.5. The van der Waals surface area contributed by atoms with Gasteiger partial charge in [-0.3, -0.25) is 5.43 Å². The first kappa shape index (κ1) is 18.7. The summed E-state index contributed by atoms with van der Waals surface area (Å²) in [6.07, 6.45) is 1.68. The van der Waals surface area contributed by atoms with Crippen molar-refractivity contribution in [1.29, 1.82) is 0 Å². The largest absolute Gasteiger partial charge is 0.494 e. The third-order valence-electron chi connectivity index (χ3n) is 3.26. The molecule has 0 amide bonds. The second kappa shape index (κ2) is 10.3. The fourth-order valence-corrected chi connectivity index (χ4v) is 2.26. The van der Waals surface area contributed by atoms with E-state index in [1.165, 1.54) is 0 Å². The van der Waals surface area contributed by atoms with Gasteiger partial charge in [-0.15, -0.1) is 0 Å². The lowest BCUT2D eigenvalue weighted by Crippen LogP contribution is -2.31. The Morgan fingerprint density at radius 3 is 2.56 bits per heavy atom. The van der Waals surface area contributed by atoms with Crippen LogP contribution >= 0.6 is 12.2 Å². The van der Waals surface area contributed by atoms with Crippen LogP contribution in [0.2, 0.25) is 0 Å². The molecule has 0 unspecified atom stereocenters. The van der Waals surface area contributed by atoms with Gasteiger partial charge in [-0.2, -0.15) is 5.10 Å². The molecule has 2 N–H and O–H groups in total. The molecular weight excluding hydrogens is 334 g/mol. The van der Waals surface area contributed by atoms with Gasteiger partial charge in [0.15, 0.2) is 5.11 Å². The lowest BCUT2D eigenvalue weighted by Gasteiger charge is -2.10. The topological polar surface area (TPSA) is 54.9 Å². The Morgan fingerprint density at radius 2 is 1.84 bits per heavy atom. The maximum atomic E-state index is 5.64. The molecule has 2 rings (SSSR count). The zero-order valence-corrected chi connectivity index (χ0v) is 15.3. The maximum Gasteiger partial charge on any atom is 0.187 e. The Morgan fingerprint density at radius 1 is 1.08 bits per heavy atom. The number of hydrazone groups is 1. The van der Waals surface area contributed by atoms with Gasteiger partial charge in [-0.25, -0.2) is 0 Å². The summed E-state index contributed by atoms with van der Waals surface area (Å²) in [5.74, 6) is 1.50. The third-order valence-corrected chi connectivity index (χ3v) is 3.50. The van der Waals surface area contributed by atoms with Crippen LogP contribution < -0.4 is 20.2 Å². The predicted molar refractivity (Wildman–Crippen MR) is 105 cm³/mol. The van der Waals surface area contributed by atoms with Crippen molar-refractivity contribution in [3.05, 3.63) is 59.7 Å². The van der Waals surface area contributed by atoms with Crippen molar-refractivity contribution >= 4 is 23.5 Å². The monoisotopic (exact) mass is 357 g/mol. The number of thiocarbonyl (C=S) groups is 1. The molecule has 0 aliphatic carbocycles. The smallest absolute Gasteiger partial charge is 0.187 e. The lowest BCUT2D eigenvalue weighted by atomic mass is 10.2. The maximum absolute atomic E-state index is 5.64. The number of nitrogens with zero attached hydrogens (tertiary/aromatic N) is 1. The van der Waals surface area contributed by atoms with Crippen LogP contribution in [0, 0.1) is 0 Å². The molecule has 0 heterocycles. The van der Waals surface area contributed by atoms with E-state index in [0.717, 1.165) is 22.6 Å². The van der Waals surface area contributed by atoms with Crippen LogP contribution in [0.25, 0.3) is 0 Å². The normalized spacial score (nSPS) is 10.5. The summed E-state index contributed by atoms with van der Waals surface area (Å²) in [5.41, 5.74) is 4.82. The van der Waals surface area contributed by atoms with Crippen LogP contribution in [-0.4, -0.2) is 24.5 Å². The molecule has 0 bridgehead atoms. The van der Waals surface area contributed by atoms with Crippen LogP contribution in [0.3, 0.4) is 0 Å². The molecule has 132 valence electrons. The first-order valence-electron chi connectivity index (χ1n) is 8.23. The lowest BCUT2D eigenvalue weighted by molar-refractivity contribution is 0.323. The highest BCUT2D eigenvalue weighted by Crippen LogP contribution is 2.23. The van der Waals surface area contributed by atoms with E-state index in [2.05, 4.69) is 15.8 Å². The highest BCUT2D eigenvalue weighted by Gasteiger charge is 2.04. The fourth-order valence-electron chi connectivity index (χ4n) is 2.14. The van der Waals surface area contributed by atoms with Crippen molar-refractivity contribution in [2.45, 2.75) is 20.4 Å². The summed E-state index contributed by atoms with van der Waals surface area (Å²) in [7, 11) is 0. The molecule has 2 aromatic carbocycles. The van der Waals surface area contributed by atoms with Gasteiger partial charge in [0.1, 0.15) is 11.5 Å². The number of hydrogen-bond donors (Lipinski definition) is 2. The number of rotatable bonds is 8. The first-order valence-corrected chi connectivity index (χ1v) is 8.64. The molecule has 0 spiro atoms. The molecule has 0 saturated heterocycles. The number of ether oxygens (including phenoxy) is 2. The van der Waals surface area contributed by atoms with E-state index in [-0.39, 0.29) is 0 Å². The predicted octanol–water partition coefficient (Wildman–Crippen LogP) is 3.48. The van der Waals surface area contributed by atoms with E-state index in [1.807, 2.05) is 62.4 Å².